The largest absolute Gasteiger partial charge is 0.361 e. The van der Waals surface area contributed by atoms with Crippen LogP contribution in [0, 0.1) is 25.2 Å². The van der Waals surface area contributed by atoms with Crippen LogP contribution in [0.1, 0.15) is 29.0 Å². The van der Waals surface area contributed by atoms with E-state index >= 15 is 0 Å². The molecule has 0 aliphatic heterocycles. The summed E-state index contributed by atoms with van der Waals surface area (Å²) >= 11 is 0. The van der Waals surface area contributed by atoms with Crippen LogP contribution >= 0.6 is 0 Å². The molecule has 1 heterocycles. The van der Waals surface area contributed by atoms with Gasteiger partial charge in [-0.05, 0) is 45.2 Å². The summed E-state index contributed by atoms with van der Waals surface area (Å²) in [5, 5.41) is 15.5. The first-order chi connectivity index (χ1) is 11.0. The predicted molar refractivity (Wildman–Crippen MR) is 86.7 cm³/mol. The van der Waals surface area contributed by atoms with Gasteiger partial charge in [0.05, 0.1) is 17.3 Å². The quantitative estimate of drug-likeness (QED) is 0.886. The second kappa shape index (κ2) is 7.56. The Labute approximate surface area is 135 Å². The van der Waals surface area contributed by atoms with Gasteiger partial charge in [0, 0.05) is 30.8 Å². The number of hydrogen-bond acceptors (Lipinski definition) is 5. The number of benzene rings is 1. The highest BCUT2D eigenvalue weighted by atomic mass is 16.5. The standard InChI is InChI=1S/C17H20N4O2/c1-12-16(13(2)23-20-12)11-21(3)9-8-17(22)19-15-6-4-14(10-18)5-7-15/h4-7H,8-9,11H2,1-3H3,(H,19,22). The van der Waals surface area contributed by atoms with Gasteiger partial charge in [-0.1, -0.05) is 5.16 Å². The second-order valence-electron chi connectivity index (χ2n) is 5.53. The molecule has 0 spiro atoms. The summed E-state index contributed by atoms with van der Waals surface area (Å²) in [6, 6.07) is 8.86. The Morgan fingerprint density at radius 3 is 2.61 bits per heavy atom. The normalized spacial score (nSPS) is 10.6. The van der Waals surface area contributed by atoms with Gasteiger partial charge in [0.1, 0.15) is 5.76 Å². The minimum atomic E-state index is -0.0553. The van der Waals surface area contributed by atoms with Crippen LogP contribution in [0.4, 0.5) is 5.69 Å². The van der Waals surface area contributed by atoms with Crippen molar-refractivity contribution in [2.75, 3.05) is 18.9 Å². The van der Waals surface area contributed by atoms with Gasteiger partial charge in [0.15, 0.2) is 0 Å². The van der Waals surface area contributed by atoms with Gasteiger partial charge in [0.2, 0.25) is 5.91 Å². The molecule has 0 aliphatic carbocycles. The number of carbonyl (C=O) groups excluding carboxylic acids is 1. The number of amides is 1. The maximum absolute atomic E-state index is 12.0. The maximum atomic E-state index is 12.0. The number of rotatable bonds is 6. The predicted octanol–water partition coefficient (Wildman–Crippen LogP) is 2.62. The molecule has 2 rings (SSSR count). The minimum Gasteiger partial charge on any atom is -0.361 e. The molecule has 1 N–H and O–H groups in total. The highest BCUT2D eigenvalue weighted by molar-refractivity contribution is 5.90. The third-order valence-corrected chi connectivity index (χ3v) is 3.63. The molecule has 0 unspecified atom stereocenters. The first-order valence-electron chi connectivity index (χ1n) is 7.40. The summed E-state index contributed by atoms with van der Waals surface area (Å²) in [5.74, 6) is 0.761. The van der Waals surface area contributed by atoms with Crippen LogP contribution < -0.4 is 5.32 Å². The molecule has 0 radical (unpaired) electrons. The Hall–Kier alpha value is -2.65. The molecule has 0 saturated carbocycles. The number of nitrogens with one attached hydrogen (secondary N) is 1. The van der Waals surface area contributed by atoms with Gasteiger partial charge in [-0.3, -0.25) is 4.79 Å². The summed E-state index contributed by atoms with van der Waals surface area (Å²) in [5.41, 5.74) is 3.22. The smallest absolute Gasteiger partial charge is 0.225 e. The van der Waals surface area contributed by atoms with E-state index in [-0.39, 0.29) is 5.91 Å². The Morgan fingerprint density at radius 2 is 2.04 bits per heavy atom. The lowest BCUT2D eigenvalue weighted by Crippen LogP contribution is -2.24. The molecule has 120 valence electrons. The SMILES string of the molecule is Cc1noc(C)c1CN(C)CCC(=O)Nc1ccc(C#N)cc1. The molecule has 0 bridgehead atoms. The fourth-order valence-electron chi connectivity index (χ4n) is 2.22. The average molecular weight is 312 g/mol. The van der Waals surface area contributed by atoms with Crippen molar-refractivity contribution in [3.05, 3.63) is 46.8 Å². The lowest BCUT2D eigenvalue weighted by molar-refractivity contribution is -0.116. The van der Waals surface area contributed by atoms with Gasteiger partial charge < -0.3 is 14.7 Å². The molecule has 23 heavy (non-hydrogen) atoms. The molecular formula is C17H20N4O2. The monoisotopic (exact) mass is 312 g/mol. The second-order valence-corrected chi connectivity index (χ2v) is 5.53. The molecule has 1 aromatic carbocycles. The van der Waals surface area contributed by atoms with Gasteiger partial charge in [0.25, 0.3) is 0 Å². The third kappa shape index (κ3) is 4.66. The fourth-order valence-corrected chi connectivity index (χ4v) is 2.22. The Kier molecular flexibility index (Phi) is 5.50. The van der Waals surface area contributed by atoms with E-state index in [0.29, 0.717) is 30.8 Å². The van der Waals surface area contributed by atoms with Crippen molar-refractivity contribution < 1.29 is 9.32 Å². The zero-order valence-corrected chi connectivity index (χ0v) is 13.6. The first kappa shape index (κ1) is 16.7. The van der Waals surface area contributed by atoms with Crippen LogP contribution in [0.25, 0.3) is 0 Å². The van der Waals surface area contributed by atoms with Gasteiger partial charge in [-0.2, -0.15) is 5.26 Å². The van der Waals surface area contributed by atoms with Gasteiger partial charge in [-0.25, -0.2) is 0 Å². The Balaban J connectivity index is 1.80. The minimum absolute atomic E-state index is 0.0553. The third-order valence-electron chi connectivity index (χ3n) is 3.63. The molecule has 0 aliphatic rings. The molecule has 2 aromatic rings. The molecule has 0 fully saturated rings. The number of hydrogen-bond donors (Lipinski definition) is 1. The van der Waals surface area contributed by atoms with Crippen LogP contribution in [-0.2, 0) is 11.3 Å². The zero-order chi connectivity index (χ0) is 16.8. The van der Waals surface area contributed by atoms with Gasteiger partial charge >= 0.3 is 0 Å². The van der Waals surface area contributed by atoms with E-state index in [2.05, 4.69) is 15.4 Å². The maximum Gasteiger partial charge on any atom is 0.225 e. The van der Waals surface area contributed by atoms with E-state index in [9.17, 15) is 4.79 Å². The van der Waals surface area contributed by atoms with Crippen molar-refractivity contribution in [2.45, 2.75) is 26.8 Å². The lowest BCUT2D eigenvalue weighted by Gasteiger charge is -2.16. The zero-order valence-electron chi connectivity index (χ0n) is 13.6. The van der Waals surface area contributed by atoms with Crippen LogP contribution in [0.2, 0.25) is 0 Å². The van der Waals surface area contributed by atoms with Crippen molar-refractivity contribution >= 4 is 11.6 Å². The van der Waals surface area contributed by atoms with Crippen molar-refractivity contribution in [2.24, 2.45) is 0 Å². The molecule has 1 aromatic heterocycles. The summed E-state index contributed by atoms with van der Waals surface area (Å²) in [7, 11) is 1.96. The summed E-state index contributed by atoms with van der Waals surface area (Å²) < 4.78 is 5.14. The van der Waals surface area contributed by atoms with E-state index in [1.165, 1.54) is 0 Å². The number of nitriles is 1. The van der Waals surface area contributed by atoms with E-state index in [1.807, 2.05) is 27.0 Å². The lowest BCUT2D eigenvalue weighted by atomic mass is 10.2. The fraction of sp³-hybridized carbons (Fsp3) is 0.353. The molecule has 6 heteroatoms. The molecule has 0 saturated heterocycles. The van der Waals surface area contributed by atoms with Crippen LogP contribution in [0.5, 0.6) is 0 Å². The number of carbonyl (C=O) groups is 1. The van der Waals surface area contributed by atoms with Crippen molar-refractivity contribution in [1.82, 2.24) is 10.1 Å². The van der Waals surface area contributed by atoms with Gasteiger partial charge in [-0.15, -0.1) is 0 Å². The van der Waals surface area contributed by atoms with E-state index in [0.717, 1.165) is 17.0 Å². The van der Waals surface area contributed by atoms with Crippen LogP contribution in [0.15, 0.2) is 28.8 Å². The first-order valence-corrected chi connectivity index (χ1v) is 7.40. The molecular weight excluding hydrogens is 292 g/mol. The highest BCUT2D eigenvalue weighted by Crippen LogP contribution is 2.14. The van der Waals surface area contributed by atoms with Crippen molar-refractivity contribution in [3.8, 4) is 6.07 Å². The summed E-state index contributed by atoms with van der Waals surface area (Å²) in [4.78, 5) is 14.0. The van der Waals surface area contributed by atoms with Crippen molar-refractivity contribution in [3.63, 3.8) is 0 Å². The number of anilines is 1. The average Bonchev–Trinajstić information content (AvgIpc) is 2.85. The summed E-state index contributed by atoms with van der Waals surface area (Å²) in [6.45, 7) is 5.13. The number of aromatic nitrogens is 1. The molecule has 0 atom stereocenters. The Bertz CT molecular complexity index is 694. The van der Waals surface area contributed by atoms with Crippen LogP contribution in [-0.4, -0.2) is 29.6 Å². The molecule has 1 amide bonds. The summed E-state index contributed by atoms with van der Waals surface area (Å²) in [6.07, 6.45) is 0.389. The Morgan fingerprint density at radius 1 is 1.35 bits per heavy atom. The topological polar surface area (TPSA) is 82.2 Å². The van der Waals surface area contributed by atoms with E-state index < -0.39 is 0 Å². The van der Waals surface area contributed by atoms with Crippen molar-refractivity contribution in [1.29, 1.82) is 5.26 Å². The van der Waals surface area contributed by atoms with E-state index in [4.69, 9.17) is 9.78 Å². The van der Waals surface area contributed by atoms with E-state index in [1.54, 1.807) is 24.3 Å². The van der Waals surface area contributed by atoms with Crippen LogP contribution in [0.3, 0.4) is 0 Å². The number of nitrogens with zero attached hydrogens (tertiary/aromatic N) is 3. The number of aryl methyl sites for hydroxylation is 2. The highest BCUT2D eigenvalue weighted by Gasteiger charge is 2.12. The molecule has 6 nitrogen and oxygen atoms in total.